The van der Waals surface area contributed by atoms with E-state index < -0.39 is 11.6 Å². The van der Waals surface area contributed by atoms with E-state index >= 15 is 0 Å². The van der Waals surface area contributed by atoms with Gasteiger partial charge in [0.15, 0.2) is 0 Å². The lowest BCUT2D eigenvalue weighted by Crippen LogP contribution is -2.06. The molecule has 0 unspecified atom stereocenters. The summed E-state index contributed by atoms with van der Waals surface area (Å²) in [4.78, 5) is 8.92. The lowest BCUT2D eigenvalue weighted by atomic mass is 10.2. The van der Waals surface area contributed by atoms with Crippen molar-refractivity contribution in [3.05, 3.63) is 83.9 Å². The number of benzene rings is 3. The highest BCUT2D eigenvalue weighted by molar-refractivity contribution is 5.90. The van der Waals surface area contributed by atoms with Gasteiger partial charge >= 0.3 is 0 Å². The first kappa shape index (κ1) is 18.6. The Bertz CT molecular complexity index is 1150. The van der Waals surface area contributed by atoms with Gasteiger partial charge in [-0.15, -0.1) is 0 Å². The molecule has 1 aromatic heterocycles. The number of fused-ring (bicyclic) bond motifs is 1. The van der Waals surface area contributed by atoms with Crippen molar-refractivity contribution in [2.45, 2.75) is 6.54 Å². The quantitative estimate of drug-likeness (QED) is 0.468. The summed E-state index contributed by atoms with van der Waals surface area (Å²) in [7, 11) is 1.62. The second-order valence-corrected chi connectivity index (χ2v) is 6.36. The van der Waals surface area contributed by atoms with Gasteiger partial charge in [-0.1, -0.05) is 24.3 Å². The van der Waals surface area contributed by atoms with Crippen molar-refractivity contribution in [2.75, 3.05) is 17.7 Å². The van der Waals surface area contributed by atoms with Crippen molar-refractivity contribution < 1.29 is 13.5 Å². The molecule has 1 heterocycles. The molecule has 4 aromatic rings. The Labute approximate surface area is 166 Å². The number of hydrogen-bond acceptors (Lipinski definition) is 5. The first-order valence-electron chi connectivity index (χ1n) is 8.98. The second-order valence-electron chi connectivity index (χ2n) is 6.36. The zero-order valence-electron chi connectivity index (χ0n) is 15.6. The monoisotopic (exact) mass is 392 g/mol. The minimum atomic E-state index is -0.713. The highest BCUT2D eigenvalue weighted by atomic mass is 19.1. The Morgan fingerprint density at radius 2 is 1.72 bits per heavy atom. The highest BCUT2D eigenvalue weighted by Gasteiger charge is 2.10. The van der Waals surface area contributed by atoms with Crippen LogP contribution in [0.5, 0.6) is 5.75 Å². The largest absolute Gasteiger partial charge is 0.497 e. The average Bonchev–Trinajstić information content (AvgIpc) is 2.74. The third-order valence-corrected chi connectivity index (χ3v) is 4.40. The summed E-state index contributed by atoms with van der Waals surface area (Å²) >= 11 is 0. The average molecular weight is 392 g/mol. The summed E-state index contributed by atoms with van der Waals surface area (Å²) < 4.78 is 32.3. The zero-order chi connectivity index (χ0) is 20.2. The van der Waals surface area contributed by atoms with Crippen LogP contribution >= 0.6 is 0 Å². The Hall–Kier alpha value is -3.74. The first-order valence-corrected chi connectivity index (χ1v) is 8.98. The zero-order valence-corrected chi connectivity index (χ0v) is 15.6. The molecular formula is C22H18F2N4O. The first-order chi connectivity index (χ1) is 14.1. The summed E-state index contributed by atoms with van der Waals surface area (Å²) in [6, 6.07) is 18.5. The number of nitrogens with zero attached hydrogens (tertiary/aromatic N) is 2. The van der Waals surface area contributed by atoms with Gasteiger partial charge in [0.25, 0.3) is 0 Å². The van der Waals surface area contributed by atoms with Gasteiger partial charge in [0.1, 0.15) is 23.2 Å². The van der Waals surface area contributed by atoms with E-state index in [0.29, 0.717) is 17.9 Å². The fraction of sp³-hybridized carbons (Fsp3) is 0.0909. The van der Waals surface area contributed by atoms with E-state index in [4.69, 9.17) is 4.74 Å². The van der Waals surface area contributed by atoms with Crippen LogP contribution in [0.3, 0.4) is 0 Å². The third-order valence-electron chi connectivity index (χ3n) is 4.40. The molecule has 2 N–H and O–H groups in total. The minimum absolute atomic E-state index is 0.0998. The number of nitrogens with one attached hydrogen (secondary N) is 2. The van der Waals surface area contributed by atoms with Gasteiger partial charge in [0.2, 0.25) is 5.95 Å². The molecule has 7 heteroatoms. The Balaban J connectivity index is 1.63. The molecule has 0 aliphatic carbocycles. The molecule has 3 aromatic carbocycles. The molecule has 0 saturated heterocycles. The van der Waals surface area contributed by atoms with E-state index in [-0.39, 0.29) is 11.6 Å². The lowest BCUT2D eigenvalue weighted by molar-refractivity contribution is 0.414. The minimum Gasteiger partial charge on any atom is -0.497 e. The summed E-state index contributed by atoms with van der Waals surface area (Å²) in [5.74, 6) is 0.251. The van der Waals surface area contributed by atoms with E-state index in [2.05, 4.69) is 20.6 Å². The predicted molar refractivity (Wildman–Crippen MR) is 109 cm³/mol. The van der Waals surface area contributed by atoms with Gasteiger partial charge < -0.3 is 15.4 Å². The van der Waals surface area contributed by atoms with Gasteiger partial charge in [0, 0.05) is 18.0 Å². The Morgan fingerprint density at radius 3 is 2.48 bits per heavy atom. The van der Waals surface area contributed by atoms with E-state index in [0.717, 1.165) is 22.8 Å². The topological polar surface area (TPSA) is 59.1 Å². The van der Waals surface area contributed by atoms with Crippen molar-refractivity contribution in [3.8, 4) is 5.75 Å². The number of ether oxygens (including phenoxy) is 1. The van der Waals surface area contributed by atoms with Crippen LogP contribution in [0.25, 0.3) is 10.9 Å². The number of para-hydroxylation sites is 1. The molecule has 0 amide bonds. The molecule has 0 saturated carbocycles. The fourth-order valence-electron chi connectivity index (χ4n) is 2.91. The number of anilines is 3. The van der Waals surface area contributed by atoms with Crippen LogP contribution < -0.4 is 15.4 Å². The molecule has 0 fully saturated rings. The number of halogens is 2. The van der Waals surface area contributed by atoms with E-state index in [9.17, 15) is 8.78 Å². The van der Waals surface area contributed by atoms with Crippen molar-refractivity contribution in [1.29, 1.82) is 0 Å². The van der Waals surface area contributed by atoms with Crippen LogP contribution in [0, 0.1) is 11.6 Å². The third kappa shape index (κ3) is 4.24. The fourth-order valence-corrected chi connectivity index (χ4v) is 2.91. The molecule has 0 spiro atoms. The van der Waals surface area contributed by atoms with Crippen molar-refractivity contribution >= 4 is 28.4 Å². The summed E-state index contributed by atoms with van der Waals surface area (Å²) in [6.07, 6.45) is 0. The molecule has 0 bridgehead atoms. The second kappa shape index (κ2) is 8.10. The lowest BCUT2D eigenvalue weighted by Gasteiger charge is -2.12. The molecule has 146 valence electrons. The van der Waals surface area contributed by atoms with Crippen LogP contribution in [-0.4, -0.2) is 17.1 Å². The van der Waals surface area contributed by atoms with Crippen LogP contribution in [0.15, 0.2) is 66.7 Å². The smallest absolute Gasteiger partial charge is 0.229 e. The maximum Gasteiger partial charge on any atom is 0.229 e. The number of hydrogen-bond donors (Lipinski definition) is 2. The molecule has 4 rings (SSSR count). The molecule has 0 aliphatic heterocycles. The van der Waals surface area contributed by atoms with Crippen LogP contribution in [0.1, 0.15) is 5.56 Å². The van der Waals surface area contributed by atoms with Crippen molar-refractivity contribution in [2.24, 2.45) is 0 Å². The van der Waals surface area contributed by atoms with E-state index in [1.165, 1.54) is 12.1 Å². The van der Waals surface area contributed by atoms with Crippen molar-refractivity contribution in [3.63, 3.8) is 0 Å². The standard InChI is InChI=1S/C22H18F2N4O/c1-29-16-9-6-14(7-10-16)13-25-21-17-4-2-3-5-19(17)26-22(28-21)27-20-11-8-15(23)12-18(20)24/h2-12H,13H2,1H3,(H2,25,26,27,28). The maximum absolute atomic E-state index is 14.0. The molecule has 5 nitrogen and oxygen atoms in total. The van der Waals surface area contributed by atoms with E-state index in [1.54, 1.807) is 7.11 Å². The molecular weight excluding hydrogens is 374 g/mol. The van der Waals surface area contributed by atoms with Gasteiger partial charge in [-0.2, -0.15) is 4.98 Å². The van der Waals surface area contributed by atoms with Crippen LogP contribution in [0.4, 0.5) is 26.2 Å². The van der Waals surface area contributed by atoms with E-state index in [1.807, 2.05) is 48.5 Å². The Kier molecular flexibility index (Phi) is 5.20. The van der Waals surface area contributed by atoms with Crippen LogP contribution in [-0.2, 0) is 6.54 Å². The maximum atomic E-state index is 14.0. The normalized spacial score (nSPS) is 10.7. The highest BCUT2D eigenvalue weighted by Crippen LogP contribution is 2.25. The van der Waals surface area contributed by atoms with Gasteiger partial charge in [-0.05, 0) is 42.0 Å². The SMILES string of the molecule is COc1ccc(CNc2nc(Nc3ccc(F)cc3F)nc3ccccc23)cc1. The molecule has 0 atom stereocenters. The molecule has 29 heavy (non-hydrogen) atoms. The summed E-state index contributed by atoms with van der Waals surface area (Å²) in [5.41, 5.74) is 1.85. The Morgan fingerprint density at radius 1 is 0.931 bits per heavy atom. The predicted octanol–water partition coefficient (Wildman–Crippen LogP) is 5.27. The van der Waals surface area contributed by atoms with Gasteiger partial charge in [0.05, 0.1) is 18.3 Å². The number of methoxy groups -OCH3 is 1. The van der Waals surface area contributed by atoms with Crippen molar-refractivity contribution in [1.82, 2.24) is 9.97 Å². The van der Waals surface area contributed by atoms with Crippen LogP contribution in [0.2, 0.25) is 0 Å². The van der Waals surface area contributed by atoms with Gasteiger partial charge in [-0.3, -0.25) is 0 Å². The molecule has 0 radical (unpaired) electrons. The number of aromatic nitrogens is 2. The van der Waals surface area contributed by atoms with Gasteiger partial charge in [-0.25, -0.2) is 13.8 Å². The summed E-state index contributed by atoms with van der Waals surface area (Å²) in [5, 5.41) is 6.97. The summed E-state index contributed by atoms with van der Waals surface area (Å²) in [6.45, 7) is 0.537. The number of rotatable bonds is 6. The molecule has 0 aliphatic rings.